The number of amides is 1. The molecule has 0 bridgehead atoms. The molecule has 6 nitrogen and oxygen atoms in total. The van der Waals surface area contributed by atoms with Gasteiger partial charge in [-0.1, -0.05) is 211 Å². The van der Waals surface area contributed by atoms with E-state index in [-0.39, 0.29) is 18.5 Å². The summed E-state index contributed by atoms with van der Waals surface area (Å²) in [4.78, 5) is 24.5. The van der Waals surface area contributed by atoms with E-state index in [9.17, 15) is 19.8 Å². The van der Waals surface area contributed by atoms with Gasteiger partial charge >= 0.3 is 5.97 Å². The lowest BCUT2D eigenvalue weighted by molar-refractivity contribution is -0.143. The van der Waals surface area contributed by atoms with E-state index in [2.05, 4.69) is 55.6 Å². The molecule has 0 fully saturated rings. The third-order valence-corrected chi connectivity index (χ3v) is 11.9. The van der Waals surface area contributed by atoms with Crippen LogP contribution in [0.15, 0.2) is 36.5 Å². The lowest BCUT2D eigenvalue weighted by Crippen LogP contribution is -2.45. The number of rotatable bonds is 48. The molecule has 2 unspecified atom stereocenters. The van der Waals surface area contributed by atoms with Crippen molar-refractivity contribution in [1.82, 2.24) is 5.32 Å². The molecule has 0 aromatic rings. The Morgan fingerprint density at radius 1 is 0.467 bits per heavy atom. The topological polar surface area (TPSA) is 95.9 Å². The summed E-state index contributed by atoms with van der Waals surface area (Å²) in [5, 5.41) is 23.2. The van der Waals surface area contributed by atoms with Crippen LogP contribution < -0.4 is 5.32 Å². The SMILES string of the molecule is CCCCC/C=C\C/C=C\CCCCCCCCCCCC(=O)OCCCC/C=C\CCCCCCC(=O)NC(CO)C(O)CCCCCCCCCCCCCCCC. The minimum Gasteiger partial charge on any atom is -0.466 e. The molecule has 60 heavy (non-hydrogen) atoms. The number of hydrogen-bond acceptors (Lipinski definition) is 5. The summed E-state index contributed by atoms with van der Waals surface area (Å²) in [5.74, 6) is -0.112. The highest BCUT2D eigenvalue weighted by Crippen LogP contribution is 2.16. The van der Waals surface area contributed by atoms with Gasteiger partial charge < -0.3 is 20.3 Å². The van der Waals surface area contributed by atoms with Crippen LogP contribution in [0.3, 0.4) is 0 Å². The lowest BCUT2D eigenvalue weighted by atomic mass is 10.0. The number of aliphatic hydroxyl groups is 2. The maximum atomic E-state index is 12.4. The highest BCUT2D eigenvalue weighted by molar-refractivity contribution is 5.76. The van der Waals surface area contributed by atoms with Crippen molar-refractivity contribution in [3.63, 3.8) is 0 Å². The molecular formula is C54H101NO5. The molecular weight excluding hydrogens is 743 g/mol. The zero-order valence-electron chi connectivity index (χ0n) is 39.9. The number of carbonyl (C=O) groups is 2. The predicted octanol–water partition coefficient (Wildman–Crippen LogP) is 15.7. The summed E-state index contributed by atoms with van der Waals surface area (Å²) in [5.41, 5.74) is 0. The van der Waals surface area contributed by atoms with Gasteiger partial charge in [0.15, 0.2) is 0 Å². The maximum absolute atomic E-state index is 12.4. The number of carbonyl (C=O) groups excluding carboxylic acids is 2. The molecule has 352 valence electrons. The number of ether oxygens (including phenoxy) is 1. The van der Waals surface area contributed by atoms with Crippen LogP contribution in [0.2, 0.25) is 0 Å². The van der Waals surface area contributed by atoms with E-state index in [4.69, 9.17) is 4.74 Å². The second-order valence-corrected chi connectivity index (χ2v) is 17.8. The molecule has 0 spiro atoms. The van der Waals surface area contributed by atoms with Crippen molar-refractivity contribution in [1.29, 1.82) is 0 Å². The molecule has 0 aromatic carbocycles. The Morgan fingerprint density at radius 3 is 1.32 bits per heavy atom. The van der Waals surface area contributed by atoms with Gasteiger partial charge in [0.2, 0.25) is 5.91 Å². The summed E-state index contributed by atoms with van der Waals surface area (Å²) in [6, 6.07) is -0.567. The molecule has 2 atom stereocenters. The Balaban J connectivity index is 3.52. The molecule has 0 radical (unpaired) electrons. The number of hydrogen-bond donors (Lipinski definition) is 3. The first kappa shape index (κ1) is 58.1. The number of allylic oxidation sites excluding steroid dienone is 6. The van der Waals surface area contributed by atoms with Crippen LogP contribution in [-0.2, 0) is 14.3 Å². The van der Waals surface area contributed by atoms with Crippen molar-refractivity contribution < 1.29 is 24.5 Å². The van der Waals surface area contributed by atoms with Gasteiger partial charge in [-0.05, 0) is 83.5 Å². The minimum absolute atomic E-state index is 0.0405. The minimum atomic E-state index is -0.686. The molecule has 0 saturated heterocycles. The van der Waals surface area contributed by atoms with Crippen molar-refractivity contribution >= 4 is 11.9 Å². The van der Waals surface area contributed by atoms with Crippen LogP contribution in [0.25, 0.3) is 0 Å². The molecule has 3 N–H and O–H groups in total. The Labute approximate surface area is 373 Å². The smallest absolute Gasteiger partial charge is 0.305 e. The lowest BCUT2D eigenvalue weighted by Gasteiger charge is -2.22. The van der Waals surface area contributed by atoms with Gasteiger partial charge in [-0.3, -0.25) is 9.59 Å². The third kappa shape index (κ3) is 45.6. The molecule has 0 heterocycles. The summed E-state index contributed by atoms with van der Waals surface area (Å²) >= 11 is 0. The van der Waals surface area contributed by atoms with Gasteiger partial charge in [0.05, 0.1) is 25.4 Å². The van der Waals surface area contributed by atoms with E-state index in [0.717, 1.165) is 83.5 Å². The fourth-order valence-corrected chi connectivity index (χ4v) is 7.84. The van der Waals surface area contributed by atoms with Crippen molar-refractivity contribution in [3.8, 4) is 0 Å². The van der Waals surface area contributed by atoms with Crippen molar-refractivity contribution in [2.24, 2.45) is 0 Å². The molecule has 0 aliphatic carbocycles. The highest BCUT2D eigenvalue weighted by Gasteiger charge is 2.20. The Kier molecular flexibility index (Phi) is 48.1. The van der Waals surface area contributed by atoms with Crippen LogP contribution in [0, 0.1) is 0 Å². The summed E-state index contributed by atoms with van der Waals surface area (Å²) in [6.45, 7) is 4.83. The van der Waals surface area contributed by atoms with E-state index in [0.29, 0.717) is 25.9 Å². The third-order valence-electron chi connectivity index (χ3n) is 11.9. The maximum Gasteiger partial charge on any atom is 0.305 e. The van der Waals surface area contributed by atoms with E-state index in [1.54, 1.807) is 0 Å². The Morgan fingerprint density at radius 2 is 0.833 bits per heavy atom. The molecule has 0 aliphatic rings. The number of nitrogens with one attached hydrogen (secondary N) is 1. The number of esters is 1. The average Bonchev–Trinajstić information content (AvgIpc) is 3.25. The van der Waals surface area contributed by atoms with E-state index in [1.807, 2.05) is 0 Å². The number of aliphatic hydroxyl groups excluding tert-OH is 2. The zero-order chi connectivity index (χ0) is 43.7. The van der Waals surface area contributed by atoms with Crippen molar-refractivity contribution in [3.05, 3.63) is 36.5 Å². The van der Waals surface area contributed by atoms with Crippen LogP contribution in [0.1, 0.15) is 271 Å². The molecule has 0 rings (SSSR count). The van der Waals surface area contributed by atoms with Crippen molar-refractivity contribution in [2.75, 3.05) is 13.2 Å². The van der Waals surface area contributed by atoms with Crippen LogP contribution >= 0.6 is 0 Å². The van der Waals surface area contributed by atoms with Crippen LogP contribution in [-0.4, -0.2) is 47.4 Å². The molecule has 6 heteroatoms. The van der Waals surface area contributed by atoms with Gasteiger partial charge in [0.1, 0.15) is 0 Å². The largest absolute Gasteiger partial charge is 0.466 e. The van der Waals surface area contributed by atoms with Crippen molar-refractivity contribution in [2.45, 2.75) is 283 Å². The monoisotopic (exact) mass is 844 g/mol. The highest BCUT2D eigenvalue weighted by atomic mass is 16.5. The van der Waals surface area contributed by atoms with E-state index in [1.165, 1.54) is 154 Å². The number of unbranched alkanes of at least 4 members (excludes halogenated alkanes) is 31. The first-order chi connectivity index (χ1) is 29.5. The first-order valence-corrected chi connectivity index (χ1v) is 26.2. The Hall–Kier alpha value is -1.92. The molecule has 0 aliphatic heterocycles. The summed E-state index contributed by atoms with van der Waals surface area (Å²) in [7, 11) is 0. The van der Waals surface area contributed by atoms with Gasteiger partial charge in [-0.15, -0.1) is 0 Å². The fourth-order valence-electron chi connectivity index (χ4n) is 7.84. The second-order valence-electron chi connectivity index (χ2n) is 17.8. The normalized spacial score (nSPS) is 12.9. The first-order valence-electron chi connectivity index (χ1n) is 26.2. The molecule has 1 amide bonds. The molecule has 0 saturated carbocycles. The summed E-state index contributed by atoms with van der Waals surface area (Å²) < 4.78 is 5.44. The van der Waals surface area contributed by atoms with Gasteiger partial charge in [-0.2, -0.15) is 0 Å². The second kappa shape index (κ2) is 49.7. The van der Waals surface area contributed by atoms with Crippen LogP contribution in [0.4, 0.5) is 0 Å². The van der Waals surface area contributed by atoms with E-state index >= 15 is 0 Å². The molecule has 0 aromatic heterocycles. The standard InChI is InChI=1S/C54H101NO5/c1-3-5-7-9-11-13-15-17-19-20-21-22-23-25-27-32-36-40-44-48-54(59)60-49-45-41-37-33-29-28-31-35-39-43-47-53(58)55-51(50-56)52(57)46-42-38-34-30-26-24-18-16-14-12-10-8-6-4-2/h11,13,17,19,29,33,51-52,56-57H,3-10,12,14-16,18,20-28,30-32,34-50H2,1-2H3,(H,55,58)/b13-11-,19-17-,33-29-. The van der Waals surface area contributed by atoms with Crippen LogP contribution in [0.5, 0.6) is 0 Å². The van der Waals surface area contributed by atoms with Gasteiger partial charge in [0.25, 0.3) is 0 Å². The summed E-state index contributed by atoms with van der Waals surface area (Å²) in [6.07, 6.45) is 59.7. The van der Waals surface area contributed by atoms with E-state index < -0.39 is 12.1 Å². The predicted molar refractivity (Wildman–Crippen MR) is 259 cm³/mol. The van der Waals surface area contributed by atoms with Gasteiger partial charge in [0, 0.05) is 12.8 Å². The quantitative estimate of drug-likeness (QED) is 0.0322. The average molecular weight is 844 g/mol. The fraction of sp³-hybridized carbons (Fsp3) is 0.852. The van der Waals surface area contributed by atoms with Gasteiger partial charge in [-0.25, -0.2) is 0 Å². The zero-order valence-corrected chi connectivity index (χ0v) is 39.9. The Bertz CT molecular complexity index is 977.